The number of hydrogen-bond acceptors (Lipinski definition) is 6. The zero-order valence-electron chi connectivity index (χ0n) is 20.8. The number of anilines is 1. The second-order valence-electron chi connectivity index (χ2n) is 9.35. The maximum atomic E-state index is 14.8. The Morgan fingerprint density at radius 3 is 2.62 bits per heavy atom. The minimum atomic E-state index is -2.95. The monoisotopic (exact) mass is 512 g/mol. The molecule has 0 bridgehead atoms. The molecule has 3 aromatic rings. The summed E-state index contributed by atoms with van der Waals surface area (Å²) in [4.78, 5) is 35.5. The van der Waals surface area contributed by atoms with Gasteiger partial charge in [-0.15, -0.1) is 0 Å². The van der Waals surface area contributed by atoms with Crippen LogP contribution < -0.4 is 10.9 Å². The molecule has 4 rings (SSSR count). The van der Waals surface area contributed by atoms with E-state index in [1.807, 2.05) is 0 Å². The maximum Gasteiger partial charge on any atom is 0.266 e. The summed E-state index contributed by atoms with van der Waals surface area (Å²) in [5.41, 5.74) is -1.58. The molecule has 1 saturated heterocycles. The summed E-state index contributed by atoms with van der Waals surface area (Å²) in [7, 11) is 1.55. The second-order valence-corrected chi connectivity index (χ2v) is 9.35. The Kier molecular flexibility index (Phi) is 7.21. The molecule has 1 aromatic carbocycles. The molecule has 1 fully saturated rings. The Bertz CT molecular complexity index is 1450. The average Bonchev–Trinajstić information content (AvgIpc) is 3.10. The van der Waals surface area contributed by atoms with E-state index in [9.17, 15) is 28.0 Å². The molecule has 37 heavy (non-hydrogen) atoms. The Labute approximate surface area is 211 Å². The number of alkyl halides is 2. The Hall–Kier alpha value is -3.94. The topological polar surface area (TPSA) is 104 Å². The first-order chi connectivity index (χ1) is 17.6. The van der Waals surface area contributed by atoms with Gasteiger partial charge < -0.3 is 10.2 Å². The van der Waals surface area contributed by atoms with E-state index in [0.29, 0.717) is 43.4 Å². The number of pyridine rings is 1. The predicted molar refractivity (Wildman–Crippen MR) is 132 cm³/mol. The number of aryl methyl sites for hydroxylation is 1. The summed E-state index contributed by atoms with van der Waals surface area (Å²) >= 11 is 0. The fourth-order valence-corrected chi connectivity index (χ4v) is 4.97. The highest BCUT2D eigenvalue weighted by molar-refractivity contribution is 5.87. The number of rotatable bonds is 5. The van der Waals surface area contributed by atoms with Gasteiger partial charge in [0.25, 0.3) is 12.0 Å². The van der Waals surface area contributed by atoms with E-state index in [2.05, 4.69) is 21.4 Å². The Morgan fingerprint density at radius 1 is 1.22 bits per heavy atom. The molecule has 0 aliphatic carbocycles. The molecular formula is C26H27F3N6O2. The number of carbonyl (C=O) groups excluding carboxylic acids is 1. The quantitative estimate of drug-likeness (QED) is 0.545. The molecule has 0 radical (unpaired) electrons. The van der Waals surface area contributed by atoms with Gasteiger partial charge in [0.1, 0.15) is 23.6 Å². The van der Waals surface area contributed by atoms with Gasteiger partial charge in [0.15, 0.2) is 0 Å². The third kappa shape index (κ3) is 4.75. The van der Waals surface area contributed by atoms with Crippen molar-refractivity contribution >= 4 is 22.8 Å². The van der Waals surface area contributed by atoms with Crippen LogP contribution in [0.15, 0.2) is 35.4 Å². The van der Waals surface area contributed by atoms with Gasteiger partial charge in [-0.25, -0.2) is 23.1 Å². The normalized spacial score (nSPS) is 18.9. The molecule has 3 heterocycles. The number of aromatic nitrogens is 3. The van der Waals surface area contributed by atoms with Crippen molar-refractivity contribution in [3.63, 3.8) is 0 Å². The van der Waals surface area contributed by atoms with Crippen LogP contribution >= 0.6 is 0 Å². The predicted octanol–water partition coefficient (Wildman–Crippen LogP) is 4.37. The van der Waals surface area contributed by atoms with Crippen molar-refractivity contribution in [2.24, 2.45) is 7.05 Å². The van der Waals surface area contributed by atoms with E-state index >= 15 is 0 Å². The van der Waals surface area contributed by atoms with Gasteiger partial charge in [-0.3, -0.25) is 14.2 Å². The minimum absolute atomic E-state index is 0.0381. The SMILES string of the molecule is CC(=O)N1CCCC(C#N)(c2cc3c(N[C@H](C)c4cccc(C(F)F)c4F)ncnc3n(C)c2=O)CC1. The Morgan fingerprint density at radius 2 is 1.95 bits per heavy atom. The number of nitrogens with one attached hydrogen (secondary N) is 1. The molecule has 1 aliphatic heterocycles. The zero-order valence-corrected chi connectivity index (χ0v) is 20.8. The molecule has 1 N–H and O–H groups in total. The zero-order chi connectivity index (χ0) is 26.9. The van der Waals surface area contributed by atoms with Gasteiger partial charge in [0.2, 0.25) is 5.91 Å². The van der Waals surface area contributed by atoms with Gasteiger partial charge in [0, 0.05) is 38.2 Å². The summed E-state index contributed by atoms with van der Waals surface area (Å²) in [6, 6.07) is 7.01. The van der Waals surface area contributed by atoms with E-state index in [-0.39, 0.29) is 28.4 Å². The molecule has 0 spiro atoms. The van der Waals surface area contributed by atoms with E-state index in [1.165, 1.54) is 30.0 Å². The number of fused-ring (bicyclic) bond motifs is 1. The first-order valence-corrected chi connectivity index (χ1v) is 11.9. The molecule has 11 heteroatoms. The third-order valence-electron chi connectivity index (χ3n) is 7.13. The van der Waals surface area contributed by atoms with Crippen LogP contribution in [0.3, 0.4) is 0 Å². The van der Waals surface area contributed by atoms with E-state index in [4.69, 9.17) is 0 Å². The third-order valence-corrected chi connectivity index (χ3v) is 7.13. The number of nitriles is 1. The van der Waals surface area contributed by atoms with Gasteiger partial charge >= 0.3 is 0 Å². The standard InChI is InChI=1S/C26H27F3N6O2/c1-15(17-6-4-7-18(21(17)27)22(28)29)33-23-19-12-20(25(37)34(3)24(19)32-14-31-23)26(13-30)8-5-10-35(11-9-26)16(2)36/h4,6-7,12,14-15,22H,5,8-11H2,1-3H3,(H,31,32,33)/t15-,26?/m1/s1. The lowest BCUT2D eigenvalue weighted by Gasteiger charge is -2.26. The molecule has 1 amide bonds. The number of amides is 1. The number of halogens is 3. The van der Waals surface area contributed by atoms with Crippen LogP contribution in [-0.2, 0) is 17.3 Å². The lowest BCUT2D eigenvalue weighted by atomic mass is 9.76. The first-order valence-electron chi connectivity index (χ1n) is 11.9. The summed E-state index contributed by atoms with van der Waals surface area (Å²) in [6.07, 6.45) is -0.459. The van der Waals surface area contributed by atoms with Crippen LogP contribution in [0.1, 0.15) is 62.3 Å². The summed E-state index contributed by atoms with van der Waals surface area (Å²) in [6.45, 7) is 3.94. The second kappa shape index (κ2) is 10.2. The van der Waals surface area contributed by atoms with E-state index in [0.717, 1.165) is 6.07 Å². The van der Waals surface area contributed by atoms with Gasteiger partial charge in [-0.2, -0.15) is 5.26 Å². The summed E-state index contributed by atoms with van der Waals surface area (Å²) < 4.78 is 42.5. The van der Waals surface area contributed by atoms with Crippen molar-refractivity contribution in [2.45, 2.75) is 51.0 Å². The maximum absolute atomic E-state index is 14.8. The highest BCUT2D eigenvalue weighted by atomic mass is 19.3. The van der Waals surface area contributed by atoms with Crippen LogP contribution in [0.25, 0.3) is 11.0 Å². The van der Waals surface area contributed by atoms with Crippen LogP contribution in [0.4, 0.5) is 19.0 Å². The molecule has 2 aromatic heterocycles. The van der Waals surface area contributed by atoms with Gasteiger partial charge in [0.05, 0.1) is 28.5 Å². The molecule has 1 unspecified atom stereocenters. The van der Waals surface area contributed by atoms with E-state index < -0.39 is 29.3 Å². The van der Waals surface area contributed by atoms with E-state index in [1.54, 1.807) is 24.9 Å². The number of likely N-dealkylation sites (tertiary alicyclic amines) is 1. The van der Waals surface area contributed by atoms with Gasteiger partial charge in [-0.05, 0) is 32.3 Å². The summed E-state index contributed by atoms with van der Waals surface area (Å²) in [5.74, 6) is -0.818. The first kappa shape index (κ1) is 26.1. The largest absolute Gasteiger partial charge is 0.363 e. The molecule has 8 nitrogen and oxygen atoms in total. The van der Waals surface area contributed by atoms with Crippen molar-refractivity contribution < 1.29 is 18.0 Å². The molecule has 0 saturated carbocycles. The van der Waals surface area contributed by atoms with Crippen molar-refractivity contribution in [1.82, 2.24) is 19.4 Å². The van der Waals surface area contributed by atoms with Crippen LogP contribution in [0, 0.1) is 17.1 Å². The average molecular weight is 513 g/mol. The highest BCUT2D eigenvalue weighted by Gasteiger charge is 2.38. The van der Waals surface area contributed by atoms with Gasteiger partial charge in [-0.1, -0.05) is 18.2 Å². The van der Waals surface area contributed by atoms with Crippen molar-refractivity contribution in [3.8, 4) is 6.07 Å². The lowest BCUT2D eigenvalue weighted by molar-refractivity contribution is -0.128. The van der Waals surface area contributed by atoms with Crippen LogP contribution in [0.5, 0.6) is 0 Å². The molecular weight excluding hydrogens is 485 g/mol. The highest BCUT2D eigenvalue weighted by Crippen LogP contribution is 2.36. The Balaban J connectivity index is 1.80. The van der Waals surface area contributed by atoms with Crippen LogP contribution in [0.2, 0.25) is 0 Å². The smallest absolute Gasteiger partial charge is 0.266 e. The number of benzene rings is 1. The van der Waals surface area contributed by atoms with Crippen molar-refractivity contribution in [2.75, 3.05) is 18.4 Å². The molecule has 2 atom stereocenters. The fraction of sp³-hybridized carbons (Fsp3) is 0.423. The minimum Gasteiger partial charge on any atom is -0.363 e. The van der Waals surface area contributed by atoms with Crippen LogP contribution in [-0.4, -0.2) is 38.4 Å². The molecule has 194 valence electrons. The van der Waals surface area contributed by atoms with Crippen molar-refractivity contribution in [3.05, 3.63) is 63.5 Å². The fourth-order valence-electron chi connectivity index (χ4n) is 4.97. The van der Waals surface area contributed by atoms with Crippen molar-refractivity contribution in [1.29, 1.82) is 5.26 Å². The number of carbonyl (C=O) groups is 1. The summed E-state index contributed by atoms with van der Waals surface area (Å²) in [5, 5.41) is 13.7. The number of nitrogens with zero attached hydrogens (tertiary/aromatic N) is 5. The lowest BCUT2D eigenvalue weighted by Crippen LogP contribution is -2.36. The molecule has 1 aliphatic rings. The number of hydrogen-bond donors (Lipinski definition) is 1.